The minimum absolute atomic E-state index is 0.0137. The summed E-state index contributed by atoms with van der Waals surface area (Å²) in [4.78, 5) is 29.7. The number of likely N-dealkylation sites (N-methyl/N-ethyl adjacent to an activating group) is 1. The summed E-state index contributed by atoms with van der Waals surface area (Å²) in [5.74, 6) is 0.0749. The Morgan fingerprint density at radius 3 is 2.37 bits per heavy atom. The number of likely N-dealkylation sites (tertiary alicyclic amines) is 1. The van der Waals surface area contributed by atoms with Crippen LogP contribution in [0, 0.1) is 5.92 Å². The zero-order chi connectivity index (χ0) is 24.9. The molecule has 3 atom stereocenters. The van der Waals surface area contributed by atoms with Gasteiger partial charge in [-0.3, -0.25) is 14.5 Å². The second-order valence-corrected chi connectivity index (χ2v) is 8.99. The molecule has 1 saturated heterocycles. The highest BCUT2D eigenvalue weighted by Crippen LogP contribution is 2.47. The number of fused-ring (bicyclic) bond motifs is 1. The molecule has 35 heavy (non-hydrogen) atoms. The molecule has 2 aliphatic rings. The molecule has 4 rings (SSSR count). The lowest BCUT2D eigenvalue weighted by atomic mass is 9.82. The van der Waals surface area contributed by atoms with Gasteiger partial charge in [-0.25, -0.2) is 0 Å². The number of rotatable bonds is 9. The van der Waals surface area contributed by atoms with E-state index in [0.717, 1.165) is 17.5 Å². The number of carbonyl (C=O) groups is 2. The number of methoxy groups -OCH3 is 1. The maximum absolute atomic E-state index is 13.2. The molecule has 2 aromatic rings. The third-order valence-corrected chi connectivity index (χ3v) is 6.90. The van der Waals surface area contributed by atoms with Gasteiger partial charge in [0.2, 0.25) is 5.91 Å². The van der Waals surface area contributed by atoms with Crippen LogP contribution in [0.2, 0.25) is 0 Å². The molecule has 8 heteroatoms. The van der Waals surface area contributed by atoms with Gasteiger partial charge in [0, 0.05) is 31.6 Å². The first-order chi connectivity index (χ1) is 17.0. The molecule has 2 heterocycles. The van der Waals surface area contributed by atoms with Crippen LogP contribution in [0.4, 0.5) is 0 Å². The van der Waals surface area contributed by atoms with Crippen LogP contribution in [0.25, 0.3) is 0 Å². The summed E-state index contributed by atoms with van der Waals surface area (Å²) in [5.41, 5.74) is 1.72. The van der Waals surface area contributed by atoms with Gasteiger partial charge in [0.1, 0.15) is 19.0 Å². The Kier molecular flexibility index (Phi) is 7.80. The van der Waals surface area contributed by atoms with E-state index < -0.39 is 17.9 Å². The lowest BCUT2D eigenvalue weighted by Gasteiger charge is -2.29. The monoisotopic (exact) mass is 482 g/mol. The van der Waals surface area contributed by atoms with Crippen molar-refractivity contribution in [1.29, 1.82) is 0 Å². The SMILES string of the molecule is CCCN(CC)C(=O)CN1CC(c2ccc3c(c2)OCCO3)[C@H](C(=O)O)[C@H]1c1ccc(OC)cc1. The maximum Gasteiger partial charge on any atom is 0.309 e. The van der Waals surface area contributed by atoms with Crippen molar-refractivity contribution in [3.63, 3.8) is 0 Å². The number of hydrogen-bond donors (Lipinski definition) is 1. The van der Waals surface area contributed by atoms with E-state index in [4.69, 9.17) is 14.2 Å². The van der Waals surface area contributed by atoms with Gasteiger partial charge in [0.25, 0.3) is 0 Å². The lowest BCUT2D eigenvalue weighted by Crippen LogP contribution is -2.41. The molecule has 2 aromatic carbocycles. The van der Waals surface area contributed by atoms with Gasteiger partial charge in [-0.1, -0.05) is 25.1 Å². The molecular weight excluding hydrogens is 448 g/mol. The van der Waals surface area contributed by atoms with Crippen molar-refractivity contribution in [3.8, 4) is 17.2 Å². The van der Waals surface area contributed by atoms with Crippen LogP contribution in [0.5, 0.6) is 17.2 Å². The van der Waals surface area contributed by atoms with Gasteiger partial charge in [-0.15, -0.1) is 0 Å². The van der Waals surface area contributed by atoms with Gasteiger partial charge >= 0.3 is 5.97 Å². The summed E-state index contributed by atoms with van der Waals surface area (Å²) in [7, 11) is 1.60. The second-order valence-electron chi connectivity index (χ2n) is 8.99. The van der Waals surface area contributed by atoms with Crippen LogP contribution < -0.4 is 14.2 Å². The first-order valence-electron chi connectivity index (χ1n) is 12.2. The summed E-state index contributed by atoms with van der Waals surface area (Å²) in [6.45, 7) is 6.89. The van der Waals surface area contributed by atoms with E-state index in [1.165, 1.54) is 0 Å². The average Bonchev–Trinajstić information content (AvgIpc) is 3.26. The van der Waals surface area contributed by atoms with Gasteiger partial charge < -0.3 is 24.2 Å². The van der Waals surface area contributed by atoms with Crippen molar-refractivity contribution in [2.45, 2.75) is 32.2 Å². The second kappa shape index (κ2) is 11.0. The topological polar surface area (TPSA) is 88.5 Å². The highest BCUT2D eigenvalue weighted by Gasteiger charge is 2.48. The number of ether oxygens (including phenoxy) is 3. The fourth-order valence-electron chi connectivity index (χ4n) is 5.22. The lowest BCUT2D eigenvalue weighted by molar-refractivity contribution is -0.143. The standard InChI is InChI=1S/C27H34N2O6/c1-4-12-28(5-2)24(30)17-29-16-21(19-8-11-22-23(15-19)35-14-13-34-22)25(27(31)32)26(29)18-6-9-20(33-3)10-7-18/h6-11,15,21,25-26H,4-5,12-14,16-17H2,1-3H3,(H,31,32)/t21?,25-,26+/m0/s1. The Morgan fingerprint density at radius 1 is 1.06 bits per heavy atom. The Hall–Kier alpha value is -3.26. The van der Waals surface area contributed by atoms with E-state index in [1.807, 2.05) is 66.1 Å². The molecule has 0 aliphatic carbocycles. The molecule has 8 nitrogen and oxygen atoms in total. The summed E-state index contributed by atoms with van der Waals surface area (Å²) < 4.78 is 16.7. The highest BCUT2D eigenvalue weighted by atomic mass is 16.6. The molecule has 0 bridgehead atoms. The number of amides is 1. The van der Waals surface area contributed by atoms with Crippen LogP contribution in [0.15, 0.2) is 42.5 Å². The van der Waals surface area contributed by atoms with E-state index in [-0.39, 0.29) is 18.4 Å². The fraction of sp³-hybridized carbons (Fsp3) is 0.481. The number of nitrogens with zero attached hydrogens (tertiary/aromatic N) is 2. The molecule has 1 N–H and O–H groups in total. The normalized spacial score (nSPS) is 21.5. The zero-order valence-corrected chi connectivity index (χ0v) is 20.6. The number of carboxylic acid groups (broad SMARTS) is 1. The first-order valence-corrected chi connectivity index (χ1v) is 12.2. The number of benzene rings is 2. The van der Waals surface area contributed by atoms with Gasteiger partial charge in [-0.05, 0) is 48.7 Å². The van der Waals surface area contributed by atoms with Crippen molar-refractivity contribution in [2.75, 3.05) is 46.5 Å². The molecular formula is C27H34N2O6. The average molecular weight is 483 g/mol. The number of carboxylic acids is 1. The quantitative estimate of drug-likeness (QED) is 0.585. The number of aliphatic carboxylic acids is 1. The molecule has 0 aromatic heterocycles. The maximum atomic E-state index is 13.2. The van der Waals surface area contributed by atoms with E-state index in [1.54, 1.807) is 7.11 Å². The summed E-state index contributed by atoms with van der Waals surface area (Å²) in [6.07, 6.45) is 0.874. The van der Waals surface area contributed by atoms with Crippen LogP contribution in [0.3, 0.4) is 0 Å². The molecule has 0 saturated carbocycles. The van der Waals surface area contributed by atoms with E-state index in [2.05, 4.69) is 0 Å². The molecule has 2 aliphatic heterocycles. The summed E-state index contributed by atoms with van der Waals surface area (Å²) >= 11 is 0. The van der Waals surface area contributed by atoms with Crippen molar-refractivity contribution in [2.24, 2.45) is 5.92 Å². The van der Waals surface area contributed by atoms with E-state index in [0.29, 0.717) is 50.1 Å². The minimum atomic E-state index is -0.887. The van der Waals surface area contributed by atoms with Crippen molar-refractivity contribution >= 4 is 11.9 Å². The highest BCUT2D eigenvalue weighted by molar-refractivity contribution is 5.79. The molecule has 1 unspecified atom stereocenters. The number of hydrogen-bond acceptors (Lipinski definition) is 6. The van der Waals surface area contributed by atoms with Crippen molar-refractivity contribution in [1.82, 2.24) is 9.80 Å². The van der Waals surface area contributed by atoms with Crippen molar-refractivity contribution < 1.29 is 28.9 Å². The third-order valence-electron chi connectivity index (χ3n) is 6.90. The molecule has 1 amide bonds. The van der Waals surface area contributed by atoms with Crippen LogP contribution >= 0.6 is 0 Å². The van der Waals surface area contributed by atoms with Crippen molar-refractivity contribution in [3.05, 3.63) is 53.6 Å². The van der Waals surface area contributed by atoms with Crippen LogP contribution in [0.1, 0.15) is 43.4 Å². The largest absolute Gasteiger partial charge is 0.497 e. The van der Waals surface area contributed by atoms with Crippen LogP contribution in [-0.4, -0.2) is 73.3 Å². The van der Waals surface area contributed by atoms with E-state index in [9.17, 15) is 14.7 Å². The molecule has 0 radical (unpaired) electrons. The summed E-state index contributed by atoms with van der Waals surface area (Å²) in [5, 5.41) is 10.4. The number of carbonyl (C=O) groups excluding carboxylic acids is 1. The Morgan fingerprint density at radius 2 is 1.74 bits per heavy atom. The molecule has 188 valence electrons. The smallest absolute Gasteiger partial charge is 0.309 e. The molecule has 0 spiro atoms. The van der Waals surface area contributed by atoms with Gasteiger partial charge in [0.15, 0.2) is 11.5 Å². The zero-order valence-electron chi connectivity index (χ0n) is 20.6. The predicted octanol–water partition coefficient (Wildman–Crippen LogP) is 3.57. The van der Waals surface area contributed by atoms with Crippen LogP contribution in [-0.2, 0) is 9.59 Å². The Bertz CT molecular complexity index is 1040. The predicted molar refractivity (Wildman–Crippen MR) is 131 cm³/mol. The Labute approximate surface area is 206 Å². The minimum Gasteiger partial charge on any atom is -0.497 e. The third kappa shape index (κ3) is 5.22. The van der Waals surface area contributed by atoms with E-state index >= 15 is 0 Å². The fourth-order valence-corrected chi connectivity index (χ4v) is 5.22. The van der Waals surface area contributed by atoms with Gasteiger partial charge in [0.05, 0.1) is 19.6 Å². The van der Waals surface area contributed by atoms with Gasteiger partial charge in [-0.2, -0.15) is 0 Å². The Balaban J connectivity index is 1.71. The first kappa shape index (κ1) is 24.9. The summed E-state index contributed by atoms with van der Waals surface area (Å²) in [6, 6.07) is 12.7. The molecule has 1 fully saturated rings.